The Kier molecular flexibility index (Phi) is 8.71. The van der Waals surface area contributed by atoms with Crippen LogP contribution in [0.25, 0.3) is 0 Å². The van der Waals surface area contributed by atoms with Crippen molar-refractivity contribution < 1.29 is 31.1 Å². The van der Waals surface area contributed by atoms with Gasteiger partial charge in [0.15, 0.2) is 0 Å². The highest BCUT2D eigenvalue weighted by Crippen LogP contribution is 2.39. The van der Waals surface area contributed by atoms with Gasteiger partial charge in [-0.25, -0.2) is 4.79 Å². The number of nitrogens with two attached hydrogens (primary N) is 1. The third kappa shape index (κ3) is 6.83. The Balaban J connectivity index is 2.35. The zero-order valence-electron chi connectivity index (χ0n) is 17.8. The van der Waals surface area contributed by atoms with Crippen molar-refractivity contribution in [3.05, 3.63) is 29.3 Å². The third-order valence-electron chi connectivity index (χ3n) is 4.31. The topological polar surface area (TPSA) is 139 Å². The maximum atomic E-state index is 12.9. The number of hydrazone groups is 1. The van der Waals surface area contributed by atoms with Crippen LogP contribution in [0.2, 0.25) is 0 Å². The Morgan fingerprint density at radius 2 is 2.09 bits per heavy atom. The van der Waals surface area contributed by atoms with Crippen LogP contribution in [-0.4, -0.2) is 45.1 Å². The van der Waals surface area contributed by atoms with E-state index in [9.17, 15) is 26.4 Å². The zero-order chi connectivity index (χ0) is 24.8. The second-order valence-corrected chi connectivity index (χ2v) is 9.58. The van der Waals surface area contributed by atoms with Crippen molar-refractivity contribution in [1.82, 2.24) is 0 Å². The minimum Gasteiger partial charge on any atom is -0.461 e. The second-order valence-electron chi connectivity index (χ2n) is 6.84. The summed E-state index contributed by atoms with van der Waals surface area (Å²) >= 11 is 0.644. The summed E-state index contributed by atoms with van der Waals surface area (Å²) < 4.78 is 68.6. The van der Waals surface area contributed by atoms with Crippen LogP contribution in [0.15, 0.2) is 39.1 Å². The number of carbonyl (C=O) groups is 1. The molecule has 0 radical (unpaired) electrons. The summed E-state index contributed by atoms with van der Waals surface area (Å²) in [5, 5.41) is 10.6. The normalized spacial score (nSPS) is 14.8. The minimum atomic E-state index is -5.69. The highest BCUT2D eigenvalue weighted by Gasteiger charge is 2.46. The number of ether oxygens (including phenoxy) is 1. The van der Waals surface area contributed by atoms with E-state index in [1.54, 1.807) is 18.9 Å². The van der Waals surface area contributed by atoms with Crippen LogP contribution in [0.4, 0.5) is 30.2 Å². The van der Waals surface area contributed by atoms with Crippen LogP contribution in [0.1, 0.15) is 25.3 Å². The SMILES string of the molecule is C=C(N=Nc1cc2c(cc1NS(=O)(=O)C(F)(F)F)N(C)CCC2)S/C(=N\N)C(=O)OCCC. The summed E-state index contributed by atoms with van der Waals surface area (Å²) in [6, 6.07) is 2.73. The van der Waals surface area contributed by atoms with Crippen molar-refractivity contribution in [2.45, 2.75) is 31.7 Å². The summed E-state index contributed by atoms with van der Waals surface area (Å²) in [6.07, 6.45) is 2.00. The highest BCUT2D eigenvalue weighted by molar-refractivity contribution is 8.18. The lowest BCUT2D eigenvalue weighted by atomic mass is 10.0. The van der Waals surface area contributed by atoms with E-state index in [0.717, 1.165) is 12.0 Å². The van der Waals surface area contributed by atoms with Gasteiger partial charge in [0, 0.05) is 19.3 Å². The molecule has 0 saturated carbocycles. The highest BCUT2D eigenvalue weighted by atomic mass is 32.2. The molecule has 10 nitrogen and oxygen atoms in total. The predicted octanol–water partition coefficient (Wildman–Crippen LogP) is 3.84. The van der Waals surface area contributed by atoms with Crippen molar-refractivity contribution in [3.63, 3.8) is 0 Å². The summed E-state index contributed by atoms with van der Waals surface area (Å²) in [6.45, 7) is 6.20. The van der Waals surface area contributed by atoms with E-state index < -0.39 is 27.2 Å². The molecular formula is C18H23F3N6O4S2. The van der Waals surface area contributed by atoms with Crippen molar-refractivity contribution >= 4 is 49.9 Å². The predicted molar refractivity (Wildman–Crippen MR) is 121 cm³/mol. The molecule has 1 aromatic carbocycles. The van der Waals surface area contributed by atoms with Gasteiger partial charge in [0.25, 0.3) is 0 Å². The number of nitrogens with zero attached hydrogens (tertiary/aromatic N) is 4. The summed E-state index contributed by atoms with van der Waals surface area (Å²) in [5.74, 6) is 4.39. The summed E-state index contributed by atoms with van der Waals surface area (Å²) in [7, 11) is -3.95. The van der Waals surface area contributed by atoms with Crippen LogP contribution in [0.5, 0.6) is 0 Å². The largest absolute Gasteiger partial charge is 0.516 e. The number of rotatable bonds is 7. The maximum absolute atomic E-state index is 12.9. The molecule has 1 aliphatic rings. The lowest BCUT2D eigenvalue weighted by Crippen LogP contribution is -2.30. The first-order valence-electron chi connectivity index (χ1n) is 9.60. The maximum Gasteiger partial charge on any atom is 0.516 e. The van der Waals surface area contributed by atoms with Crippen LogP contribution < -0.4 is 15.5 Å². The fourth-order valence-corrected chi connectivity index (χ4v) is 3.86. The average Bonchev–Trinajstić information content (AvgIpc) is 2.73. The standard InChI is InChI=1S/C18H23F3N6O4S2/c1-4-8-31-17(28)16(23-22)32-11(2)24-25-13-9-12-6-5-7-27(3)15(12)10-14(13)26-33(29,30)18(19,20)21/h9-10,26H,2,4-8,22H2,1,3H3/b23-16-,25-24?. The molecule has 1 heterocycles. The second kappa shape index (κ2) is 10.9. The Hall–Kier alpha value is -2.81. The summed E-state index contributed by atoms with van der Waals surface area (Å²) in [5.41, 5.74) is -4.74. The number of anilines is 2. The van der Waals surface area contributed by atoms with Gasteiger partial charge in [-0.1, -0.05) is 13.5 Å². The molecule has 0 bridgehead atoms. The Bertz CT molecular complexity index is 1070. The smallest absolute Gasteiger partial charge is 0.461 e. The first-order valence-corrected chi connectivity index (χ1v) is 11.9. The molecule has 2 rings (SSSR count). The van der Waals surface area contributed by atoms with E-state index in [0.29, 0.717) is 36.8 Å². The number of benzene rings is 1. The molecule has 0 fully saturated rings. The molecule has 33 heavy (non-hydrogen) atoms. The number of carbonyl (C=O) groups excluding carboxylic acids is 1. The molecule has 0 aliphatic carbocycles. The number of sulfonamides is 1. The fraction of sp³-hybridized carbons (Fsp3) is 0.444. The summed E-state index contributed by atoms with van der Waals surface area (Å²) in [4.78, 5) is 13.7. The van der Waals surface area contributed by atoms with Gasteiger partial charge in [-0.05, 0) is 48.7 Å². The van der Waals surface area contributed by atoms with Crippen LogP contribution in [0.3, 0.4) is 0 Å². The average molecular weight is 509 g/mol. The molecule has 0 unspecified atom stereocenters. The quantitative estimate of drug-likeness (QED) is 0.142. The fourth-order valence-electron chi connectivity index (χ4n) is 2.79. The van der Waals surface area contributed by atoms with Gasteiger partial charge in [-0.2, -0.15) is 26.7 Å². The molecule has 0 aromatic heterocycles. The van der Waals surface area contributed by atoms with Crippen molar-refractivity contribution in [3.8, 4) is 0 Å². The monoisotopic (exact) mass is 508 g/mol. The number of azo groups is 1. The van der Waals surface area contributed by atoms with Crippen LogP contribution in [-0.2, 0) is 26.0 Å². The molecule has 0 atom stereocenters. The zero-order valence-corrected chi connectivity index (χ0v) is 19.5. The van der Waals surface area contributed by atoms with E-state index in [2.05, 4.69) is 21.9 Å². The number of thioether (sulfide) groups is 1. The number of fused-ring (bicyclic) bond motifs is 1. The first kappa shape index (κ1) is 26.4. The van der Waals surface area contributed by atoms with E-state index in [-0.39, 0.29) is 22.4 Å². The lowest BCUT2D eigenvalue weighted by Gasteiger charge is -2.28. The van der Waals surface area contributed by atoms with Gasteiger partial charge in [-0.15, -0.1) is 10.2 Å². The number of halogens is 3. The molecule has 15 heteroatoms. The Morgan fingerprint density at radius 3 is 2.70 bits per heavy atom. The molecular weight excluding hydrogens is 485 g/mol. The minimum absolute atomic E-state index is 0.0767. The molecule has 0 amide bonds. The molecule has 0 spiro atoms. The Morgan fingerprint density at radius 1 is 1.39 bits per heavy atom. The van der Waals surface area contributed by atoms with Crippen LogP contribution >= 0.6 is 11.8 Å². The third-order valence-corrected chi connectivity index (χ3v) is 6.19. The van der Waals surface area contributed by atoms with Gasteiger partial charge < -0.3 is 15.5 Å². The Labute approximate surface area is 193 Å². The van der Waals surface area contributed by atoms with Crippen LogP contribution in [0, 0.1) is 0 Å². The van der Waals surface area contributed by atoms with E-state index in [4.69, 9.17) is 10.6 Å². The number of hydrogen-bond acceptors (Lipinski definition) is 10. The van der Waals surface area contributed by atoms with Gasteiger partial charge in [0.2, 0.25) is 5.04 Å². The number of esters is 1. The van der Waals surface area contributed by atoms with Gasteiger partial charge in [0.05, 0.1) is 12.3 Å². The number of nitrogens with one attached hydrogen (secondary N) is 1. The van der Waals surface area contributed by atoms with E-state index in [1.165, 1.54) is 16.9 Å². The van der Waals surface area contributed by atoms with Crippen molar-refractivity contribution in [2.75, 3.05) is 29.8 Å². The van der Waals surface area contributed by atoms with Gasteiger partial charge in [0.1, 0.15) is 10.7 Å². The van der Waals surface area contributed by atoms with E-state index >= 15 is 0 Å². The molecule has 1 aliphatic heterocycles. The molecule has 1 aromatic rings. The number of alkyl halides is 3. The molecule has 3 N–H and O–H groups in total. The number of aryl methyl sites for hydroxylation is 1. The number of hydrogen-bond donors (Lipinski definition) is 2. The van der Waals surface area contributed by atoms with Crippen molar-refractivity contribution in [2.24, 2.45) is 21.2 Å². The first-order chi connectivity index (χ1) is 15.4. The van der Waals surface area contributed by atoms with Gasteiger partial charge in [-0.3, -0.25) is 4.72 Å². The van der Waals surface area contributed by atoms with Gasteiger partial charge >= 0.3 is 21.5 Å². The molecule has 182 valence electrons. The lowest BCUT2D eigenvalue weighted by molar-refractivity contribution is -0.135. The van der Waals surface area contributed by atoms with Crippen molar-refractivity contribution in [1.29, 1.82) is 0 Å². The van der Waals surface area contributed by atoms with E-state index in [1.807, 2.05) is 0 Å². The molecule has 0 saturated heterocycles.